The molecule has 10 heteroatoms. The van der Waals surface area contributed by atoms with Crippen molar-refractivity contribution >= 4 is 33.8 Å². The van der Waals surface area contributed by atoms with E-state index in [9.17, 15) is 17.6 Å². The first-order valence-electron chi connectivity index (χ1n) is 6.66. The van der Waals surface area contributed by atoms with Gasteiger partial charge in [-0.1, -0.05) is 23.7 Å². The van der Waals surface area contributed by atoms with E-state index in [2.05, 4.69) is 9.98 Å². The molecular weight excluding hydrogens is 359 g/mol. The molecule has 1 heterocycles. The van der Waals surface area contributed by atoms with Gasteiger partial charge in [0.05, 0.1) is 18.3 Å². The Bertz CT molecular complexity index is 924. The van der Waals surface area contributed by atoms with Crippen LogP contribution in [0.1, 0.15) is 5.56 Å². The summed E-state index contributed by atoms with van der Waals surface area (Å²) in [6, 6.07) is 6.05. The summed E-state index contributed by atoms with van der Waals surface area (Å²) in [5.74, 6) is -2.00. The fourth-order valence-corrected chi connectivity index (χ4v) is 3.14. The largest absolute Gasteiger partial charge is 0.369 e. The van der Waals surface area contributed by atoms with E-state index in [1.807, 2.05) is 0 Å². The molecule has 0 aliphatic heterocycles. The van der Waals surface area contributed by atoms with Gasteiger partial charge in [-0.2, -0.15) is 8.96 Å². The van der Waals surface area contributed by atoms with Crippen molar-refractivity contribution in [2.45, 2.75) is 5.75 Å². The van der Waals surface area contributed by atoms with Crippen LogP contribution in [-0.2, 0) is 15.8 Å². The molecular formula is C14H14ClFN4O3S. The second-order valence-electron chi connectivity index (χ2n) is 5.08. The van der Waals surface area contributed by atoms with Gasteiger partial charge in [-0.3, -0.25) is 0 Å². The highest BCUT2D eigenvalue weighted by Crippen LogP contribution is 2.15. The minimum atomic E-state index is -4.13. The van der Waals surface area contributed by atoms with Gasteiger partial charge in [0.25, 0.3) is 0 Å². The van der Waals surface area contributed by atoms with Crippen LogP contribution in [0, 0.1) is 5.82 Å². The quantitative estimate of drug-likeness (QED) is 0.588. The molecule has 0 N–H and O–H groups in total. The number of hydrogen-bond donors (Lipinski definition) is 0. The van der Waals surface area contributed by atoms with Crippen LogP contribution in [-0.4, -0.2) is 42.7 Å². The molecule has 1 aromatic carbocycles. The Morgan fingerprint density at radius 2 is 1.96 bits per heavy atom. The van der Waals surface area contributed by atoms with Crippen molar-refractivity contribution in [3.8, 4) is 0 Å². The Hall–Kier alpha value is -2.26. The van der Waals surface area contributed by atoms with Gasteiger partial charge in [0.2, 0.25) is 10.0 Å². The minimum absolute atomic E-state index is 0.269. The van der Waals surface area contributed by atoms with Crippen molar-refractivity contribution in [3.63, 3.8) is 0 Å². The van der Waals surface area contributed by atoms with Crippen molar-refractivity contribution in [2.24, 2.45) is 4.99 Å². The first-order chi connectivity index (χ1) is 11.2. The van der Waals surface area contributed by atoms with Crippen LogP contribution in [0.2, 0.25) is 5.02 Å². The van der Waals surface area contributed by atoms with Gasteiger partial charge >= 0.3 is 5.69 Å². The topological polar surface area (TPSA) is 84.6 Å². The van der Waals surface area contributed by atoms with Crippen molar-refractivity contribution < 1.29 is 12.8 Å². The average molecular weight is 373 g/mol. The zero-order valence-corrected chi connectivity index (χ0v) is 14.4. The van der Waals surface area contributed by atoms with E-state index in [-0.39, 0.29) is 3.97 Å². The SMILES string of the molecule is CN(C)/C=N/c1nc(=O)n(S(=O)(=O)Cc2ccc(Cl)cc2)cc1F. The zero-order chi connectivity index (χ0) is 17.9. The Kier molecular flexibility index (Phi) is 5.35. The predicted octanol–water partition coefficient (Wildman–Crippen LogP) is 1.64. The molecule has 0 radical (unpaired) electrons. The molecule has 0 saturated carbocycles. The summed E-state index contributed by atoms with van der Waals surface area (Å²) in [7, 11) is -0.827. The molecule has 0 atom stereocenters. The lowest BCUT2D eigenvalue weighted by Gasteiger charge is -2.08. The number of hydrogen-bond acceptors (Lipinski definition) is 5. The van der Waals surface area contributed by atoms with Gasteiger partial charge in [-0.15, -0.1) is 0 Å². The van der Waals surface area contributed by atoms with Gasteiger partial charge < -0.3 is 4.90 Å². The Balaban J connectivity index is 2.38. The fourth-order valence-electron chi connectivity index (χ4n) is 1.73. The second-order valence-corrected chi connectivity index (χ2v) is 7.36. The highest BCUT2D eigenvalue weighted by atomic mass is 35.5. The maximum Gasteiger partial charge on any atom is 0.363 e. The monoisotopic (exact) mass is 372 g/mol. The molecule has 128 valence electrons. The van der Waals surface area contributed by atoms with Crippen LogP contribution < -0.4 is 5.69 Å². The van der Waals surface area contributed by atoms with Crippen molar-refractivity contribution in [3.05, 3.63) is 57.3 Å². The maximum absolute atomic E-state index is 14.0. The predicted molar refractivity (Wildman–Crippen MR) is 89.8 cm³/mol. The molecule has 0 amide bonds. The molecule has 0 unspecified atom stereocenters. The summed E-state index contributed by atoms with van der Waals surface area (Å²) in [4.78, 5) is 20.5. The lowest BCUT2D eigenvalue weighted by Crippen LogP contribution is -2.30. The van der Waals surface area contributed by atoms with Crippen LogP contribution in [0.25, 0.3) is 0 Å². The third-order valence-corrected chi connectivity index (χ3v) is 4.62. The second kappa shape index (κ2) is 7.10. The molecule has 7 nitrogen and oxygen atoms in total. The summed E-state index contributed by atoms with van der Waals surface area (Å²) < 4.78 is 38.9. The first kappa shape index (κ1) is 18.1. The van der Waals surface area contributed by atoms with E-state index in [0.717, 1.165) is 0 Å². The highest BCUT2D eigenvalue weighted by Gasteiger charge is 2.19. The maximum atomic E-state index is 14.0. The highest BCUT2D eigenvalue weighted by molar-refractivity contribution is 7.89. The number of benzene rings is 1. The van der Waals surface area contributed by atoms with Gasteiger partial charge in [0.1, 0.15) is 0 Å². The van der Waals surface area contributed by atoms with E-state index in [1.54, 1.807) is 14.1 Å². The van der Waals surface area contributed by atoms with E-state index in [4.69, 9.17) is 11.6 Å². The molecule has 0 saturated heterocycles. The smallest absolute Gasteiger partial charge is 0.363 e. The van der Waals surface area contributed by atoms with E-state index < -0.39 is 33.1 Å². The fraction of sp³-hybridized carbons (Fsp3) is 0.214. The standard InChI is InChI=1S/C14H14ClFN4O3S/c1-19(2)9-17-13-12(16)7-20(14(21)18-13)24(22,23)8-10-3-5-11(15)6-4-10/h3-7,9H,8H2,1-2H3/b17-9+. The number of nitrogens with zero attached hydrogens (tertiary/aromatic N) is 4. The minimum Gasteiger partial charge on any atom is -0.369 e. The van der Waals surface area contributed by atoms with Gasteiger partial charge in [0.15, 0.2) is 11.6 Å². The number of aliphatic imine (C=N–C) groups is 1. The van der Waals surface area contributed by atoms with Crippen LogP contribution in [0.4, 0.5) is 10.2 Å². The third-order valence-electron chi connectivity index (χ3n) is 2.81. The number of aromatic nitrogens is 2. The molecule has 2 rings (SSSR count). The molecule has 0 spiro atoms. The Morgan fingerprint density at radius 3 is 2.54 bits per heavy atom. The number of halogens is 2. The molecule has 1 aromatic heterocycles. The van der Waals surface area contributed by atoms with E-state index >= 15 is 0 Å². The first-order valence-corrected chi connectivity index (χ1v) is 8.65. The summed E-state index contributed by atoms with van der Waals surface area (Å²) in [5.41, 5.74) is -0.724. The summed E-state index contributed by atoms with van der Waals surface area (Å²) in [6.45, 7) is 0. The van der Waals surface area contributed by atoms with Crippen LogP contribution in [0.15, 0.2) is 40.2 Å². The van der Waals surface area contributed by atoms with E-state index in [1.165, 1.54) is 35.5 Å². The molecule has 0 fully saturated rings. The van der Waals surface area contributed by atoms with Gasteiger partial charge in [-0.05, 0) is 17.7 Å². The lowest BCUT2D eigenvalue weighted by atomic mass is 10.2. The van der Waals surface area contributed by atoms with E-state index in [0.29, 0.717) is 16.8 Å². The summed E-state index contributed by atoms with van der Waals surface area (Å²) in [6.07, 6.45) is 1.82. The zero-order valence-electron chi connectivity index (χ0n) is 12.8. The molecule has 0 bridgehead atoms. The summed E-state index contributed by atoms with van der Waals surface area (Å²) >= 11 is 5.73. The summed E-state index contributed by atoms with van der Waals surface area (Å²) in [5, 5.41) is 0.448. The lowest BCUT2D eigenvalue weighted by molar-refractivity contribution is 0.570. The molecule has 0 aliphatic rings. The van der Waals surface area contributed by atoms with Gasteiger partial charge in [0, 0.05) is 19.1 Å². The van der Waals surface area contributed by atoms with Crippen molar-refractivity contribution in [1.82, 2.24) is 13.9 Å². The Morgan fingerprint density at radius 1 is 1.33 bits per heavy atom. The normalized spacial score (nSPS) is 11.8. The van der Waals surface area contributed by atoms with Gasteiger partial charge in [-0.25, -0.2) is 22.6 Å². The van der Waals surface area contributed by atoms with Crippen LogP contribution in [0.3, 0.4) is 0 Å². The van der Waals surface area contributed by atoms with Crippen LogP contribution in [0.5, 0.6) is 0 Å². The molecule has 24 heavy (non-hydrogen) atoms. The van der Waals surface area contributed by atoms with Crippen LogP contribution >= 0.6 is 11.6 Å². The average Bonchev–Trinajstić information content (AvgIpc) is 2.49. The number of rotatable bonds is 5. The molecule has 0 aliphatic carbocycles. The van der Waals surface area contributed by atoms with Crippen molar-refractivity contribution in [2.75, 3.05) is 14.1 Å². The van der Waals surface area contributed by atoms with Crippen molar-refractivity contribution in [1.29, 1.82) is 0 Å². The third kappa shape index (κ3) is 4.39. The Labute approximate surface area is 143 Å². The molecule has 2 aromatic rings.